The molecule has 6 heteroatoms. The monoisotopic (exact) mass is 201 g/mol. The fraction of sp³-hybridized carbons (Fsp3) is 0.750. The summed E-state index contributed by atoms with van der Waals surface area (Å²) in [6, 6.07) is -0.833. The van der Waals surface area contributed by atoms with Crippen molar-refractivity contribution in [2.45, 2.75) is 12.5 Å². The summed E-state index contributed by atoms with van der Waals surface area (Å²) in [6.45, 7) is 2.28. The molecule has 0 aromatic heterocycles. The van der Waals surface area contributed by atoms with E-state index in [-0.39, 0.29) is 5.91 Å². The van der Waals surface area contributed by atoms with E-state index in [1.165, 1.54) is 0 Å². The van der Waals surface area contributed by atoms with Gasteiger partial charge in [-0.2, -0.15) is 0 Å². The average Bonchev–Trinajstić information content (AvgIpc) is 2.14. The first-order valence-electron chi connectivity index (χ1n) is 4.57. The van der Waals surface area contributed by atoms with Crippen molar-refractivity contribution >= 4 is 11.9 Å². The van der Waals surface area contributed by atoms with E-state index >= 15 is 0 Å². The van der Waals surface area contributed by atoms with Crippen LogP contribution in [0, 0.1) is 0 Å². The number of nitrogens with zero attached hydrogens (tertiary/aromatic N) is 1. The van der Waals surface area contributed by atoms with Gasteiger partial charge in [-0.05, 0) is 6.42 Å². The number of nitrogens with one attached hydrogen (secondary N) is 1. The normalized spacial score (nSPS) is 20.2. The molecule has 0 spiro atoms. The number of piperazine rings is 1. The van der Waals surface area contributed by atoms with Gasteiger partial charge in [-0.3, -0.25) is 14.5 Å². The van der Waals surface area contributed by atoms with E-state index in [9.17, 15) is 9.59 Å². The number of nitrogens with two attached hydrogens (primary N) is 1. The van der Waals surface area contributed by atoms with Crippen molar-refractivity contribution in [3.05, 3.63) is 0 Å². The lowest BCUT2D eigenvalue weighted by atomic mass is 10.2. The van der Waals surface area contributed by atoms with Gasteiger partial charge in [-0.25, -0.2) is 0 Å². The summed E-state index contributed by atoms with van der Waals surface area (Å²) in [4.78, 5) is 23.3. The van der Waals surface area contributed by atoms with Crippen molar-refractivity contribution in [2.75, 3.05) is 26.2 Å². The van der Waals surface area contributed by atoms with Crippen LogP contribution in [-0.2, 0) is 9.59 Å². The molecule has 0 radical (unpaired) electrons. The van der Waals surface area contributed by atoms with E-state index in [1.807, 2.05) is 4.90 Å². The van der Waals surface area contributed by atoms with Gasteiger partial charge in [0.15, 0.2) is 0 Å². The highest BCUT2D eigenvalue weighted by Crippen LogP contribution is 1.97. The van der Waals surface area contributed by atoms with E-state index in [1.54, 1.807) is 0 Å². The lowest BCUT2D eigenvalue weighted by Gasteiger charge is -2.26. The average molecular weight is 201 g/mol. The summed E-state index contributed by atoms with van der Waals surface area (Å²) in [7, 11) is 0. The number of carbonyl (C=O) groups excluding carboxylic acids is 1. The molecule has 0 saturated carbocycles. The Hall–Kier alpha value is -1.14. The molecule has 1 amide bonds. The van der Waals surface area contributed by atoms with Gasteiger partial charge < -0.3 is 16.2 Å². The molecule has 14 heavy (non-hydrogen) atoms. The third-order valence-electron chi connectivity index (χ3n) is 2.19. The standard InChI is InChI=1S/C8H15N3O3/c9-6(8(13)14)1-3-11-4-2-10-7(12)5-11/h6H,1-5,9H2,(H,10,12)(H,13,14). The SMILES string of the molecule is NC(CCN1CCNC(=O)C1)C(=O)O. The van der Waals surface area contributed by atoms with Gasteiger partial charge in [-0.15, -0.1) is 0 Å². The molecule has 1 aliphatic rings. The van der Waals surface area contributed by atoms with Crippen LogP contribution in [0.1, 0.15) is 6.42 Å². The van der Waals surface area contributed by atoms with Crippen LogP contribution in [0.3, 0.4) is 0 Å². The zero-order valence-electron chi connectivity index (χ0n) is 7.90. The molecule has 1 atom stereocenters. The smallest absolute Gasteiger partial charge is 0.320 e. The van der Waals surface area contributed by atoms with Crippen LogP contribution in [0.4, 0.5) is 0 Å². The number of hydrogen-bond donors (Lipinski definition) is 3. The predicted molar refractivity (Wildman–Crippen MR) is 49.7 cm³/mol. The summed E-state index contributed by atoms with van der Waals surface area (Å²) < 4.78 is 0. The minimum atomic E-state index is -0.994. The fourth-order valence-electron chi connectivity index (χ4n) is 1.33. The number of hydrogen-bond acceptors (Lipinski definition) is 4. The van der Waals surface area contributed by atoms with Crippen LogP contribution in [0.5, 0.6) is 0 Å². The maximum Gasteiger partial charge on any atom is 0.320 e. The largest absolute Gasteiger partial charge is 0.480 e. The Morgan fingerprint density at radius 2 is 2.43 bits per heavy atom. The van der Waals surface area contributed by atoms with Crippen LogP contribution in [0.15, 0.2) is 0 Å². The lowest BCUT2D eigenvalue weighted by Crippen LogP contribution is -2.48. The summed E-state index contributed by atoms with van der Waals surface area (Å²) >= 11 is 0. The molecule has 1 unspecified atom stereocenters. The quantitative estimate of drug-likeness (QED) is 0.500. The van der Waals surface area contributed by atoms with Gasteiger partial charge >= 0.3 is 5.97 Å². The van der Waals surface area contributed by atoms with Gasteiger partial charge in [0.25, 0.3) is 0 Å². The van der Waals surface area contributed by atoms with Crippen molar-refractivity contribution in [1.82, 2.24) is 10.2 Å². The number of carboxylic acid groups (broad SMARTS) is 1. The van der Waals surface area contributed by atoms with Crippen LogP contribution < -0.4 is 11.1 Å². The molecule has 0 aliphatic carbocycles. The summed E-state index contributed by atoms with van der Waals surface area (Å²) in [6.07, 6.45) is 0.378. The number of carboxylic acids is 1. The van der Waals surface area contributed by atoms with Gasteiger partial charge in [0, 0.05) is 19.6 Å². The van der Waals surface area contributed by atoms with Crippen molar-refractivity contribution < 1.29 is 14.7 Å². The third kappa shape index (κ3) is 3.31. The first kappa shape index (κ1) is 10.9. The van der Waals surface area contributed by atoms with E-state index in [2.05, 4.69) is 5.32 Å². The summed E-state index contributed by atoms with van der Waals surface area (Å²) in [5.74, 6) is -1.01. The van der Waals surface area contributed by atoms with E-state index < -0.39 is 12.0 Å². The zero-order valence-corrected chi connectivity index (χ0v) is 7.90. The number of rotatable bonds is 4. The Morgan fingerprint density at radius 1 is 1.71 bits per heavy atom. The molecule has 1 aliphatic heterocycles. The second-order valence-electron chi connectivity index (χ2n) is 3.36. The van der Waals surface area contributed by atoms with E-state index in [0.29, 0.717) is 26.1 Å². The second-order valence-corrected chi connectivity index (χ2v) is 3.36. The van der Waals surface area contributed by atoms with Crippen molar-refractivity contribution in [1.29, 1.82) is 0 Å². The summed E-state index contributed by atoms with van der Waals surface area (Å²) in [5, 5.41) is 11.2. The van der Waals surface area contributed by atoms with Gasteiger partial charge in [0.05, 0.1) is 6.54 Å². The Bertz CT molecular complexity index is 232. The van der Waals surface area contributed by atoms with Crippen LogP contribution in [-0.4, -0.2) is 54.1 Å². The molecule has 0 aromatic carbocycles. The van der Waals surface area contributed by atoms with Crippen molar-refractivity contribution in [2.24, 2.45) is 5.73 Å². The molecule has 0 aromatic rings. The first-order chi connectivity index (χ1) is 6.59. The fourth-order valence-corrected chi connectivity index (χ4v) is 1.33. The van der Waals surface area contributed by atoms with Crippen LogP contribution >= 0.6 is 0 Å². The Labute approximate surface area is 82.1 Å². The Morgan fingerprint density at radius 3 is 3.00 bits per heavy atom. The first-order valence-corrected chi connectivity index (χ1v) is 4.57. The van der Waals surface area contributed by atoms with Crippen molar-refractivity contribution in [3.8, 4) is 0 Å². The van der Waals surface area contributed by atoms with Crippen LogP contribution in [0.25, 0.3) is 0 Å². The molecule has 1 fully saturated rings. The highest BCUT2D eigenvalue weighted by molar-refractivity contribution is 5.78. The minimum absolute atomic E-state index is 0.0138. The van der Waals surface area contributed by atoms with Gasteiger partial charge in [0.1, 0.15) is 6.04 Å². The topological polar surface area (TPSA) is 95.7 Å². The van der Waals surface area contributed by atoms with Gasteiger partial charge in [0.2, 0.25) is 5.91 Å². The lowest BCUT2D eigenvalue weighted by molar-refractivity contribution is -0.138. The van der Waals surface area contributed by atoms with E-state index in [0.717, 1.165) is 6.54 Å². The maximum atomic E-state index is 11.0. The van der Waals surface area contributed by atoms with Crippen molar-refractivity contribution in [3.63, 3.8) is 0 Å². The highest BCUT2D eigenvalue weighted by Gasteiger charge is 2.18. The molecule has 1 heterocycles. The number of carbonyl (C=O) groups is 2. The second kappa shape index (κ2) is 4.92. The maximum absolute atomic E-state index is 11.0. The molecular weight excluding hydrogens is 186 g/mol. The zero-order chi connectivity index (χ0) is 10.6. The Kier molecular flexibility index (Phi) is 3.84. The number of aliphatic carboxylic acids is 1. The molecule has 4 N–H and O–H groups in total. The minimum Gasteiger partial charge on any atom is -0.480 e. The van der Waals surface area contributed by atoms with Gasteiger partial charge in [-0.1, -0.05) is 0 Å². The third-order valence-corrected chi connectivity index (χ3v) is 2.19. The Balaban J connectivity index is 2.23. The molecule has 1 rings (SSSR count). The molecule has 0 bridgehead atoms. The predicted octanol–water partition coefficient (Wildman–Crippen LogP) is -1.78. The molecular formula is C8H15N3O3. The molecule has 80 valence electrons. The summed E-state index contributed by atoms with van der Waals surface area (Å²) in [5.41, 5.74) is 5.34. The molecule has 1 saturated heterocycles. The molecule has 6 nitrogen and oxygen atoms in total. The highest BCUT2D eigenvalue weighted by atomic mass is 16.4. The van der Waals surface area contributed by atoms with E-state index in [4.69, 9.17) is 10.8 Å². The van der Waals surface area contributed by atoms with Crippen LogP contribution in [0.2, 0.25) is 0 Å². The number of amides is 1.